The van der Waals surface area contributed by atoms with Gasteiger partial charge in [-0.25, -0.2) is 4.98 Å². The van der Waals surface area contributed by atoms with Gasteiger partial charge in [-0.1, -0.05) is 37.6 Å². The van der Waals surface area contributed by atoms with E-state index in [2.05, 4.69) is 15.1 Å². The van der Waals surface area contributed by atoms with Crippen LogP contribution in [0.4, 0.5) is 17.5 Å². The van der Waals surface area contributed by atoms with Gasteiger partial charge in [0.15, 0.2) is 0 Å². The maximum atomic E-state index is 12.5. The Hall–Kier alpha value is -1.90. The molecule has 2 unspecified atom stereocenters. The normalized spacial score (nSPS) is 19.8. The quantitative estimate of drug-likeness (QED) is 0.701. The number of hydrogen-bond donors (Lipinski definition) is 2. The molecule has 1 aromatic heterocycles. The van der Waals surface area contributed by atoms with Crippen molar-refractivity contribution in [1.29, 1.82) is 0 Å². The summed E-state index contributed by atoms with van der Waals surface area (Å²) in [5.74, 6) is 2.06. The molecule has 2 atom stereocenters. The Bertz CT molecular complexity index is 934. The Morgan fingerprint density at radius 2 is 1.87 bits per heavy atom. The number of aryl methyl sites for hydroxylation is 1. The molecular formula is C21H28ClN5O2S. The van der Waals surface area contributed by atoms with E-state index in [4.69, 9.17) is 21.6 Å². The Balaban J connectivity index is 1.56. The number of para-hydroxylation sites is 1. The van der Waals surface area contributed by atoms with E-state index in [9.17, 15) is 9.32 Å². The zero-order valence-corrected chi connectivity index (χ0v) is 18.9. The van der Waals surface area contributed by atoms with Gasteiger partial charge in [-0.15, -0.1) is 0 Å². The zero-order valence-electron chi connectivity index (χ0n) is 17.3. The van der Waals surface area contributed by atoms with Crippen molar-refractivity contribution >= 4 is 39.9 Å². The molecule has 9 heteroatoms. The summed E-state index contributed by atoms with van der Waals surface area (Å²) in [6.45, 7) is 7.28. The first-order chi connectivity index (χ1) is 14.5. The van der Waals surface area contributed by atoms with Gasteiger partial charge in [0.25, 0.3) is 0 Å². The molecule has 7 nitrogen and oxygen atoms in total. The molecule has 162 valence electrons. The number of nitrogens with zero attached hydrogens (tertiary/aromatic N) is 4. The number of aliphatic hydroxyl groups excluding tert-OH is 1. The number of aromatic nitrogens is 2. The number of fused-ring (bicyclic) bond motifs is 1. The van der Waals surface area contributed by atoms with Crippen LogP contribution in [0.5, 0.6) is 0 Å². The number of rotatable bonds is 6. The molecule has 1 saturated heterocycles. The van der Waals surface area contributed by atoms with Gasteiger partial charge >= 0.3 is 0 Å². The largest absolute Gasteiger partial charge is 0.394 e. The average Bonchev–Trinajstić information content (AvgIpc) is 3.13. The highest BCUT2D eigenvalue weighted by Gasteiger charge is 2.29. The van der Waals surface area contributed by atoms with Gasteiger partial charge in [-0.3, -0.25) is 4.21 Å². The van der Waals surface area contributed by atoms with E-state index >= 15 is 0 Å². The third kappa shape index (κ3) is 4.26. The van der Waals surface area contributed by atoms with Gasteiger partial charge in [-0.05, 0) is 18.1 Å². The molecule has 3 heterocycles. The number of piperazine rings is 1. The topological polar surface area (TPSA) is 81.6 Å². The van der Waals surface area contributed by atoms with Crippen molar-refractivity contribution in [2.45, 2.75) is 31.2 Å². The average molecular weight is 450 g/mol. The van der Waals surface area contributed by atoms with Crippen LogP contribution in [-0.2, 0) is 17.2 Å². The van der Waals surface area contributed by atoms with E-state index < -0.39 is 10.8 Å². The van der Waals surface area contributed by atoms with E-state index in [0.29, 0.717) is 28.8 Å². The highest BCUT2D eigenvalue weighted by atomic mass is 35.5. The van der Waals surface area contributed by atoms with Crippen LogP contribution in [0.25, 0.3) is 0 Å². The maximum Gasteiger partial charge on any atom is 0.227 e. The van der Waals surface area contributed by atoms with Crippen molar-refractivity contribution in [2.24, 2.45) is 5.92 Å². The zero-order chi connectivity index (χ0) is 21.3. The van der Waals surface area contributed by atoms with Crippen LogP contribution in [0.3, 0.4) is 0 Å². The summed E-state index contributed by atoms with van der Waals surface area (Å²) in [7, 11) is -1.10. The summed E-state index contributed by atoms with van der Waals surface area (Å²) in [4.78, 5) is 14.7. The molecule has 2 aliphatic rings. The fraction of sp³-hybridized carbons (Fsp3) is 0.524. The molecule has 0 amide bonds. The molecule has 0 spiro atoms. The predicted octanol–water partition coefficient (Wildman–Crippen LogP) is 2.55. The summed E-state index contributed by atoms with van der Waals surface area (Å²) >= 11 is 6.36. The molecule has 2 aliphatic heterocycles. The minimum absolute atomic E-state index is 0.00504. The number of hydrogen-bond acceptors (Lipinski definition) is 7. The number of nitrogens with one attached hydrogen (secondary N) is 1. The smallest absolute Gasteiger partial charge is 0.227 e. The molecule has 0 radical (unpaired) electrons. The highest BCUT2D eigenvalue weighted by molar-refractivity contribution is 7.85. The first kappa shape index (κ1) is 21.3. The number of halogens is 1. The summed E-state index contributed by atoms with van der Waals surface area (Å²) in [5, 5.41) is 13.8. The minimum atomic E-state index is -1.10. The predicted molar refractivity (Wildman–Crippen MR) is 122 cm³/mol. The van der Waals surface area contributed by atoms with E-state index in [1.165, 1.54) is 0 Å². The van der Waals surface area contributed by atoms with Gasteiger partial charge in [0.1, 0.15) is 10.7 Å². The lowest BCUT2D eigenvalue weighted by atomic mass is 10.1. The molecule has 2 N–H and O–H groups in total. The van der Waals surface area contributed by atoms with E-state index in [1.54, 1.807) is 0 Å². The molecule has 0 bridgehead atoms. The lowest BCUT2D eigenvalue weighted by Crippen LogP contribution is -2.47. The second-order valence-electron chi connectivity index (χ2n) is 8.05. The second-order valence-corrected chi connectivity index (χ2v) is 9.97. The van der Waals surface area contributed by atoms with E-state index in [1.807, 2.05) is 38.1 Å². The monoisotopic (exact) mass is 449 g/mol. The van der Waals surface area contributed by atoms with Crippen LogP contribution in [-0.4, -0.2) is 63.9 Å². The van der Waals surface area contributed by atoms with Gasteiger partial charge in [0, 0.05) is 38.4 Å². The van der Waals surface area contributed by atoms with Crippen LogP contribution in [0.2, 0.25) is 5.02 Å². The highest BCUT2D eigenvalue weighted by Crippen LogP contribution is 2.32. The minimum Gasteiger partial charge on any atom is -0.394 e. The number of aliphatic hydroxyl groups is 1. The van der Waals surface area contributed by atoms with E-state index in [0.717, 1.165) is 42.6 Å². The maximum absolute atomic E-state index is 12.5. The molecule has 0 saturated carbocycles. The van der Waals surface area contributed by atoms with Crippen LogP contribution >= 0.6 is 11.6 Å². The Morgan fingerprint density at radius 3 is 2.53 bits per heavy atom. The molecule has 30 heavy (non-hydrogen) atoms. The SMILES string of the molecule is CC(C)C(CO)Nc1nc(N2CCN(c3ccccc3Cl)CC2)nc2c1S(=O)CC2. The molecule has 0 aliphatic carbocycles. The van der Waals surface area contributed by atoms with Crippen molar-refractivity contribution in [3.8, 4) is 0 Å². The van der Waals surface area contributed by atoms with Crippen LogP contribution in [0, 0.1) is 5.92 Å². The molecular weight excluding hydrogens is 422 g/mol. The van der Waals surface area contributed by atoms with Crippen molar-refractivity contribution in [2.75, 3.05) is 53.7 Å². The third-order valence-electron chi connectivity index (χ3n) is 5.76. The summed E-state index contributed by atoms with van der Waals surface area (Å²) in [5.41, 5.74) is 1.91. The van der Waals surface area contributed by atoms with Crippen LogP contribution in [0.1, 0.15) is 19.5 Å². The Kier molecular flexibility index (Phi) is 6.46. The fourth-order valence-electron chi connectivity index (χ4n) is 3.88. The number of anilines is 3. The van der Waals surface area contributed by atoms with Crippen LogP contribution in [0.15, 0.2) is 29.2 Å². The van der Waals surface area contributed by atoms with Crippen molar-refractivity contribution < 1.29 is 9.32 Å². The molecule has 4 rings (SSSR count). The van der Waals surface area contributed by atoms with Gasteiger partial charge in [0.2, 0.25) is 5.95 Å². The summed E-state index contributed by atoms with van der Waals surface area (Å²) in [6.07, 6.45) is 0.692. The lowest BCUT2D eigenvalue weighted by Gasteiger charge is -2.36. The van der Waals surface area contributed by atoms with Crippen molar-refractivity contribution in [3.63, 3.8) is 0 Å². The third-order valence-corrected chi connectivity index (χ3v) is 7.53. The molecule has 1 aromatic carbocycles. The summed E-state index contributed by atoms with van der Waals surface area (Å²) < 4.78 is 12.5. The Labute approximate surface area is 184 Å². The second kappa shape index (κ2) is 9.08. The standard InChI is InChI=1S/C21H28ClN5O2S/c1-14(2)17(13-28)23-20-19-16(7-12-30(19)29)24-21(25-20)27-10-8-26(9-11-27)18-6-4-3-5-15(18)22/h3-6,14,17,28H,7-13H2,1-2H3,(H,23,24,25). The van der Waals surface area contributed by atoms with Gasteiger partial charge in [-0.2, -0.15) is 4.98 Å². The van der Waals surface area contributed by atoms with Gasteiger partial charge < -0.3 is 20.2 Å². The van der Waals surface area contributed by atoms with E-state index in [-0.39, 0.29) is 18.6 Å². The summed E-state index contributed by atoms with van der Waals surface area (Å²) in [6, 6.07) is 7.75. The van der Waals surface area contributed by atoms with Crippen molar-refractivity contribution in [1.82, 2.24) is 9.97 Å². The fourth-order valence-corrected chi connectivity index (χ4v) is 5.45. The van der Waals surface area contributed by atoms with Crippen LogP contribution < -0.4 is 15.1 Å². The Morgan fingerprint density at radius 1 is 1.17 bits per heavy atom. The van der Waals surface area contributed by atoms with Gasteiger partial charge in [0.05, 0.1) is 39.9 Å². The molecule has 1 fully saturated rings. The molecule has 2 aromatic rings. The number of benzene rings is 1. The van der Waals surface area contributed by atoms with Crippen molar-refractivity contribution in [3.05, 3.63) is 35.0 Å². The lowest BCUT2D eigenvalue weighted by molar-refractivity contribution is 0.249. The first-order valence-corrected chi connectivity index (χ1v) is 12.1. The first-order valence-electron chi connectivity index (χ1n) is 10.4.